The van der Waals surface area contributed by atoms with E-state index in [1.807, 2.05) is 11.4 Å². The normalized spacial score (nSPS) is 20.6. The summed E-state index contributed by atoms with van der Waals surface area (Å²) in [4.78, 5) is 13.3. The van der Waals surface area contributed by atoms with Crippen LogP contribution in [0.5, 0.6) is 0 Å². The summed E-state index contributed by atoms with van der Waals surface area (Å²) in [5.74, 6) is 0.211. The van der Waals surface area contributed by atoms with Gasteiger partial charge in [0, 0.05) is 17.3 Å². The number of carbonyl (C=O) groups is 1. The predicted octanol–water partition coefficient (Wildman–Crippen LogP) is 3.35. The van der Waals surface area contributed by atoms with Gasteiger partial charge in [0.05, 0.1) is 0 Å². The number of halogens is 1. The van der Waals surface area contributed by atoms with Gasteiger partial charge < -0.3 is 5.32 Å². The molecule has 20 heavy (non-hydrogen) atoms. The van der Waals surface area contributed by atoms with Crippen molar-refractivity contribution in [1.29, 1.82) is 0 Å². The summed E-state index contributed by atoms with van der Waals surface area (Å²) in [5, 5.41) is 5.03. The van der Waals surface area contributed by atoms with Gasteiger partial charge in [0.25, 0.3) is 0 Å². The molecule has 2 unspecified atom stereocenters. The lowest BCUT2D eigenvalue weighted by Crippen LogP contribution is -2.27. The number of hydrogen-bond acceptors (Lipinski definition) is 2. The highest BCUT2D eigenvalue weighted by molar-refractivity contribution is 7.09. The van der Waals surface area contributed by atoms with E-state index in [4.69, 9.17) is 0 Å². The number of nitrogens with one attached hydrogen (secondary N) is 1. The second kappa shape index (κ2) is 5.75. The molecule has 2 aromatic rings. The first kappa shape index (κ1) is 13.3. The smallest absolute Gasteiger partial charge is 0.223 e. The van der Waals surface area contributed by atoms with E-state index in [1.165, 1.54) is 17.0 Å². The maximum Gasteiger partial charge on any atom is 0.223 e. The van der Waals surface area contributed by atoms with E-state index >= 15 is 0 Å². The number of carbonyl (C=O) groups excluding carboxylic acids is 1. The van der Waals surface area contributed by atoms with Crippen LogP contribution in [0.2, 0.25) is 0 Å². The third kappa shape index (κ3) is 3.07. The minimum absolute atomic E-state index is 0.0591. The zero-order valence-electron chi connectivity index (χ0n) is 11.0. The Bertz CT molecular complexity index is 579. The summed E-state index contributed by atoms with van der Waals surface area (Å²) in [6.07, 6.45) is 1.76. The van der Waals surface area contributed by atoms with Crippen molar-refractivity contribution in [3.05, 3.63) is 58.0 Å². The van der Waals surface area contributed by atoms with Crippen LogP contribution in [0.4, 0.5) is 4.39 Å². The molecule has 1 amide bonds. The van der Waals surface area contributed by atoms with Crippen molar-refractivity contribution in [2.24, 2.45) is 5.92 Å². The Hall–Kier alpha value is -1.68. The van der Waals surface area contributed by atoms with Gasteiger partial charge in [0.1, 0.15) is 5.82 Å². The Morgan fingerprint density at radius 2 is 2.10 bits per heavy atom. The van der Waals surface area contributed by atoms with Gasteiger partial charge in [0.15, 0.2) is 0 Å². The molecular formula is C16H16FNOS. The van der Waals surface area contributed by atoms with Crippen molar-refractivity contribution in [1.82, 2.24) is 5.32 Å². The molecule has 4 heteroatoms. The van der Waals surface area contributed by atoms with Crippen LogP contribution in [0.15, 0.2) is 41.8 Å². The molecule has 3 rings (SSSR count). The maximum absolute atomic E-state index is 12.8. The maximum atomic E-state index is 12.8. The van der Waals surface area contributed by atoms with Crippen molar-refractivity contribution in [2.45, 2.75) is 18.8 Å². The average Bonchev–Trinajstić information content (AvgIpc) is 3.08. The third-order valence-corrected chi connectivity index (χ3v) is 4.61. The Balaban J connectivity index is 1.46. The zero-order chi connectivity index (χ0) is 13.9. The van der Waals surface area contributed by atoms with Gasteiger partial charge in [0.2, 0.25) is 5.91 Å². The van der Waals surface area contributed by atoms with E-state index in [1.54, 1.807) is 23.5 Å². The Morgan fingerprint density at radius 1 is 1.30 bits per heavy atom. The van der Waals surface area contributed by atoms with Gasteiger partial charge in [-0.25, -0.2) is 4.39 Å². The van der Waals surface area contributed by atoms with Crippen molar-refractivity contribution < 1.29 is 9.18 Å². The highest BCUT2D eigenvalue weighted by Crippen LogP contribution is 2.47. The van der Waals surface area contributed by atoms with Gasteiger partial charge >= 0.3 is 0 Å². The van der Waals surface area contributed by atoms with E-state index in [0.717, 1.165) is 18.4 Å². The van der Waals surface area contributed by atoms with E-state index in [-0.39, 0.29) is 23.6 Å². The Labute approximate surface area is 121 Å². The largest absolute Gasteiger partial charge is 0.355 e. The molecule has 2 atom stereocenters. The van der Waals surface area contributed by atoms with Gasteiger partial charge in [-0.1, -0.05) is 18.2 Å². The first-order valence-corrected chi connectivity index (χ1v) is 7.67. The van der Waals surface area contributed by atoms with Crippen LogP contribution in [-0.2, 0) is 11.2 Å². The zero-order valence-corrected chi connectivity index (χ0v) is 11.8. The monoisotopic (exact) mass is 289 g/mol. The summed E-state index contributed by atoms with van der Waals surface area (Å²) in [6, 6.07) is 10.6. The average molecular weight is 289 g/mol. The summed E-state index contributed by atoms with van der Waals surface area (Å²) < 4.78 is 12.8. The fourth-order valence-corrected chi connectivity index (χ4v) is 3.17. The van der Waals surface area contributed by atoms with E-state index in [2.05, 4.69) is 11.4 Å². The van der Waals surface area contributed by atoms with Crippen LogP contribution in [0.1, 0.15) is 22.8 Å². The van der Waals surface area contributed by atoms with Crippen molar-refractivity contribution in [3.63, 3.8) is 0 Å². The van der Waals surface area contributed by atoms with Gasteiger partial charge in [-0.3, -0.25) is 4.79 Å². The van der Waals surface area contributed by atoms with E-state index in [9.17, 15) is 9.18 Å². The fourth-order valence-electron chi connectivity index (χ4n) is 2.46. The highest BCUT2D eigenvalue weighted by Gasteiger charge is 2.43. The van der Waals surface area contributed by atoms with Gasteiger partial charge in [-0.05, 0) is 47.9 Å². The number of rotatable bonds is 5. The van der Waals surface area contributed by atoms with Crippen LogP contribution in [0.3, 0.4) is 0 Å². The molecule has 2 nitrogen and oxygen atoms in total. The summed E-state index contributed by atoms with van der Waals surface area (Å²) in [6.45, 7) is 0.686. The minimum atomic E-state index is -0.230. The fraction of sp³-hybridized carbons (Fsp3) is 0.312. The molecule has 104 valence electrons. The number of thiophene rings is 1. The molecule has 1 N–H and O–H groups in total. The van der Waals surface area contributed by atoms with Gasteiger partial charge in [-0.15, -0.1) is 11.3 Å². The summed E-state index contributed by atoms with van der Waals surface area (Å²) >= 11 is 1.71. The first-order chi connectivity index (χ1) is 9.74. The molecule has 0 saturated heterocycles. The quantitative estimate of drug-likeness (QED) is 0.898. The first-order valence-electron chi connectivity index (χ1n) is 6.79. The molecule has 0 aliphatic heterocycles. The van der Waals surface area contributed by atoms with Crippen LogP contribution < -0.4 is 5.32 Å². The van der Waals surface area contributed by atoms with Crippen LogP contribution in [-0.4, -0.2) is 12.5 Å². The van der Waals surface area contributed by atoms with Crippen LogP contribution in [0.25, 0.3) is 0 Å². The molecule has 1 aromatic heterocycles. The third-order valence-electron chi connectivity index (χ3n) is 3.68. The van der Waals surface area contributed by atoms with Crippen molar-refractivity contribution in [2.75, 3.05) is 6.54 Å². The van der Waals surface area contributed by atoms with E-state index < -0.39 is 0 Å². The minimum Gasteiger partial charge on any atom is -0.355 e. The molecule has 0 radical (unpaired) electrons. The molecular weight excluding hydrogens is 273 g/mol. The van der Waals surface area contributed by atoms with Crippen molar-refractivity contribution in [3.8, 4) is 0 Å². The van der Waals surface area contributed by atoms with Crippen molar-refractivity contribution >= 4 is 17.2 Å². The SMILES string of the molecule is O=C(NCCc1cccs1)C1CC1c1ccc(F)cc1. The molecule has 1 aliphatic carbocycles. The lowest BCUT2D eigenvalue weighted by atomic mass is 10.1. The Morgan fingerprint density at radius 3 is 2.80 bits per heavy atom. The lowest BCUT2D eigenvalue weighted by Gasteiger charge is -2.04. The van der Waals surface area contributed by atoms with Crippen LogP contribution in [0, 0.1) is 11.7 Å². The predicted molar refractivity (Wildman–Crippen MR) is 78.3 cm³/mol. The topological polar surface area (TPSA) is 29.1 Å². The second-order valence-corrected chi connectivity index (χ2v) is 6.15. The summed E-state index contributed by atoms with van der Waals surface area (Å²) in [5.41, 5.74) is 1.06. The lowest BCUT2D eigenvalue weighted by molar-refractivity contribution is -0.122. The molecule has 0 bridgehead atoms. The van der Waals surface area contributed by atoms with E-state index in [0.29, 0.717) is 6.54 Å². The van der Waals surface area contributed by atoms with Crippen LogP contribution >= 0.6 is 11.3 Å². The summed E-state index contributed by atoms with van der Waals surface area (Å²) in [7, 11) is 0. The molecule has 1 fully saturated rings. The number of amides is 1. The molecule has 1 aromatic carbocycles. The molecule has 1 saturated carbocycles. The molecule has 1 heterocycles. The standard InChI is InChI=1S/C16H16FNOS/c17-12-5-3-11(4-6-12)14-10-15(14)16(19)18-8-7-13-2-1-9-20-13/h1-6,9,14-15H,7-8,10H2,(H,18,19). The Kier molecular flexibility index (Phi) is 3.83. The number of benzene rings is 1. The second-order valence-electron chi connectivity index (χ2n) is 5.12. The molecule has 0 spiro atoms. The number of hydrogen-bond donors (Lipinski definition) is 1. The highest BCUT2D eigenvalue weighted by atomic mass is 32.1. The van der Waals surface area contributed by atoms with Gasteiger partial charge in [-0.2, -0.15) is 0 Å². The molecule has 1 aliphatic rings.